The molecule has 1 amide bonds. The van der Waals surface area contributed by atoms with Gasteiger partial charge in [0.05, 0.1) is 22.0 Å². The number of hydrogen-bond acceptors (Lipinski definition) is 6. The van der Waals surface area contributed by atoms with E-state index in [1.807, 2.05) is 0 Å². The summed E-state index contributed by atoms with van der Waals surface area (Å²) in [6.07, 6.45) is 2.16. The van der Waals surface area contributed by atoms with Gasteiger partial charge in [-0.2, -0.15) is 0 Å². The Morgan fingerprint density at radius 2 is 1.60 bits per heavy atom. The van der Waals surface area contributed by atoms with Gasteiger partial charge in [-0.25, -0.2) is 16.8 Å². The zero-order valence-electron chi connectivity index (χ0n) is 13.7. The third-order valence-corrected chi connectivity index (χ3v) is 5.54. The van der Waals surface area contributed by atoms with Crippen LogP contribution in [0.1, 0.15) is 0 Å². The molecule has 0 aromatic heterocycles. The molecule has 0 radical (unpaired) electrons. The van der Waals surface area contributed by atoms with Gasteiger partial charge in [0.1, 0.15) is 0 Å². The number of nitrogens with one attached hydrogen (secondary N) is 2. The summed E-state index contributed by atoms with van der Waals surface area (Å²) in [7, 11) is -6.81. The summed E-state index contributed by atoms with van der Waals surface area (Å²) in [4.78, 5) is 12.2. The molecule has 2 rings (SSSR count). The number of hydrogen-bond donors (Lipinski definition) is 2. The molecule has 0 saturated carbocycles. The van der Waals surface area contributed by atoms with E-state index >= 15 is 0 Å². The number of anilines is 2. The molecule has 0 atom stereocenters. The largest absolute Gasteiger partial charge is 0.376 e. The van der Waals surface area contributed by atoms with Crippen molar-refractivity contribution in [2.24, 2.45) is 0 Å². The molecular formula is C16H18N2O5S2. The zero-order chi connectivity index (χ0) is 18.7. The second kappa shape index (κ2) is 7.24. The Kier molecular flexibility index (Phi) is 5.48. The van der Waals surface area contributed by atoms with Crippen LogP contribution in [0.25, 0.3) is 0 Å². The SMILES string of the molecule is CS(=O)(=O)c1cccc(NCC(=O)Nc2ccccc2S(C)(=O)=O)c1. The van der Waals surface area contributed by atoms with Crippen LogP contribution in [-0.2, 0) is 24.5 Å². The third-order valence-electron chi connectivity index (χ3n) is 3.28. The number of sulfone groups is 2. The summed E-state index contributed by atoms with van der Waals surface area (Å²) < 4.78 is 46.5. The summed E-state index contributed by atoms with van der Waals surface area (Å²) >= 11 is 0. The van der Waals surface area contributed by atoms with Crippen molar-refractivity contribution in [3.63, 3.8) is 0 Å². The van der Waals surface area contributed by atoms with E-state index < -0.39 is 25.6 Å². The normalized spacial score (nSPS) is 11.8. The molecule has 2 N–H and O–H groups in total. The van der Waals surface area contributed by atoms with E-state index in [4.69, 9.17) is 0 Å². The first-order valence-electron chi connectivity index (χ1n) is 7.20. The van der Waals surface area contributed by atoms with Crippen LogP contribution >= 0.6 is 0 Å². The van der Waals surface area contributed by atoms with E-state index in [1.54, 1.807) is 24.3 Å². The predicted molar refractivity (Wildman–Crippen MR) is 96.2 cm³/mol. The van der Waals surface area contributed by atoms with E-state index in [0.717, 1.165) is 12.5 Å². The molecule has 0 aliphatic rings. The molecule has 0 aliphatic heterocycles. The van der Waals surface area contributed by atoms with Crippen molar-refractivity contribution in [2.45, 2.75) is 9.79 Å². The molecule has 2 aromatic rings. The molecule has 25 heavy (non-hydrogen) atoms. The van der Waals surface area contributed by atoms with E-state index in [1.165, 1.54) is 24.3 Å². The second-order valence-electron chi connectivity index (χ2n) is 5.47. The van der Waals surface area contributed by atoms with Crippen LogP contribution in [0.2, 0.25) is 0 Å². The van der Waals surface area contributed by atoms with Crippen LogP contribution < -0.4 is 10.6 Å². The van der Waals surface area contributed by atoms with Crippen molar-refractivity contribution in [1.82, 2.24) is 0 Å². The van der Waals surface area contributed by atoms with E-state index in [0.29, 0.717) is 5.69 Å². The maximum Gasteiger partial charge on any atom is 0.243 e. The van der Waals surface area contributed by atoms with Crippen LogP contribution in [0.3, 0.4) is 0 Å². The van der Waals surface area contributed by atoms with Gasteiger partial charge in [0.15, 0.2) is 19.7 Å². The van der Waals surface area contributed by atoms with Crippen LogP contribution in [0, 0.1) is 0 Å². The molecule has 134 valence electrons. The summed E-state index contributed by atoms with van der Waals surface area (Å²) in [5.41, 5.74) is 0.663. The number of carbonyl (C=O) groups excluding carboxylic acids is 1. The molecule has 2 aromatic carbocycles. The minimum Gasteiger partial charge on any atom is -0.376 e. The first-order valence-corrected chi connectivity index (χ1v) is 11.0. The number of rotatable bonds is 6. The minimum absolute atomic E-state index is 0.0300. The van der Waals surface area contributed by atoms with Crippen molar-refractivity contribution in [3.8, 4) is 0 Å². The maximum atomic E-state index is 12.1. The highest BCUT2D eigenvalue weighted by Gasteiger charge is 2.14. The quantitative estimate of drug-likeness (QED) is 0.784. The summed E-state index contributed by atoms with van der Waals surface area (Å²) in [5.74, 6) is -0.458. The molecule has 0 heterocycles. The zero-order valence-corrected chi connectivity index (χ0v) is 15.3. The fraction of sp³-hybridized carbons (Fsp3) is 0.188. The highest BCUT2D eigenvalue weighted by atomic mass is 32.2. The van der Waals surface area contributed by atoms with Gasteiger partial charge < -0.3 is 10.6 Å². The number of benzene rings is 2. The molecule has 9 heteroatoms. The number of carbonyl (C=O) groups is 1. The Bertz CT molecular complexity index is 999. The summed E-state index contributed by atoms with van der Waals surface area (Å²) in [5, 5.41) is 5.34. The van der Waals surface area contributed by atoms with Crippen LogP contribution in [0.15, 0.2) is 58.3 Å². The van der Waals surface area contributed by atoms with Gasteiger partial charge in [-0.05, 0) is 30.3 Å². The Balaban J connectivity index is 2.08. The van der Waals surface area contributed by atoms with Gasteiger partial charge in [0.2, 0.25) is 5.91 Å². The Hall–Kier alpha value is -2.39. The molecule has 7 nitrogen and oxygen atoms in total. The van der Waals surface area contributed by atoms with E-state index in [-0.39, 0.29) is 22.0 Å². The van der Waals surface area contributed by atoms with Gasteiger partial charge in [-0.3, -0.25) is 4.79 Å². The van der Waals surface area contributed by atoms with Crippen molar-refractivity contribution in [3.05, 3.63) is 48.5 Å². The monoisotopic (exact) mass is 382 g/mol. The fourth-order valence-corrected chi connectivity index (χ4v) is 3.62. The maximum absolute atomic E-state index is 12.1. The summed E-state index contributed by atoms with van der Waals surface area (Å²) in [6.45, 7) is -0.148. The van der Waals surface area contributed by atoms with Gasteiger partial charge in [-0.15, -0.1) is 0 Å². The van der Waals surface area contributed by atoms with Gasteiger partial charge in [-0.1, -0.05) is 18.2 Å². The van der Waals surface area contributed by atoms with Crippen LogP contribution in [0.4, 0.5) is 11.4 Å². The van der Waals surface area contributed by atoms with Gasteiger partial charge >= 0.3 is 0 Å². The smallest absolute Gasteiger partial charge is 0.243 e. The van der Waals surface area contributed by atoms with Crippen LogP contribution in [0.5, 0.6) is 0 Å². The molecule has 0 fully saturated rings. The minimum atomic E-state index is -3.47. The highest BCUT2D eigenvalue weighted by molar-refractivity contribution is 7.91. The molecule has 0 spiro atoms. The molecule has 0 unspecified atom stereocenters. The Morgan fingerprint density at radius 3 is 2.24 bits per heavy atom. The number of para-hydroxylation sites is 1. The summed E-state index contributed by atoms with van der Waals surface area (Å²) in [6, 6.07) is 12.2. The van der Waals surface area contributed by atoms with Crippen LogP contribution in [-0.4, -0.2) is 41.8 Å². The lowest BCUT2D eigenvalue weighted by atomic mass is 10.3. The second-order valence-corrected chi connectivity index (χ2v) is 9.47. The average Bonchev–Trinajstić information content (AvgIpc) is 2.52. The fourth-order valence-electron chi connectivity index (χ4n) is 2.11. The lowest BCUT2D eigenvalue weighted by Crippen LogP contribution is -2.22. The van der Waals surface area contributed by atoms with Gasteiger partial charge in [0, 0.05) is 18.2 Å². The van der Waals surface area contributed by atoms with Crippen molar-refractivity contribution < 1.29 is 21.6 Å². The third kappa shape index (κ3) is 5.30. The highest BCUT2D eigenvalue weighted by Crippen LogP contribution is 2.20. The first-order chi connectivity index (χ1) is 11.6. The van der Waals surface area contributed by atoms with E-state index in [9.17, 15) is 21.6 Å². The molecule has 0 saturated heterocycles. The van der Waals surface area contributed by atoms with Gasteiger partial charge in [0.25, 0.3) is 0 Å². The standard InChI is InChI=1S/C16H18N2O5S2/c1-24(20,21)13-7-5-6-12(10-13)17-11-16(19)18-14-8-3-4-9-15(14)25(2,22)23/h3-10,17H,11H2,1-2H3,(H,18,19). The molecular weight excluding hydrogens is 364 g/mol. The molecule has 0 aliphatic carbocycles. The Labute approximate surface area is 146 Å². The lowest BCUT2D eigenvalue weighted by molar-refractivity contribution is -0.114. The molecule has 0 bridgehead atoms. The lowest BCUT2D eigenvalue weighted by Gasteiger charge is -2.11. The van der Waals surface area contributed by atoms with Crippen molar-refractivity contribution >= 4 is 37.0 Å². The van der Waals surface area contributed by atoms with Crippen molar-refractivity contribution in [2.75, 3.05) is 29.7 Å². The first kappa shape index (κ1) is 18.9. The predicted octanol–water partition coefficient (Wildman–Crippen LogP) is 1.54. The van der Waals surface area contributed by atoms with Crippen molar-refractivity contribution in [1.29, 1.82) is 0 Å². The van der Waals surface area contributed by atoms with E-state index in [2.05, 4.69) is 10.6 Å². The topological polar surface area (TPSA) is 109 Å². The number of amides is 1. The average molecular weight is 382 g/mol. The Morgan fingerprint density at radius 1 is 0.920 bits per heavy atom.